The maximum absolute atomic E-state index is 13.5. The maximum atomic E-state index is 13.5. The lowest BCUT2D eigenvalue weighted by Gasteiger charge is -2.32. The number of halogens is 3. The summed E-state index contributed by atoms with van der Waals surface area (Å²) < 4.78 is 41.6. The summed E-state index contributed by atoms with van der Waals surface area (Å²) in [6.07, 6.45) is -1.21. The SMILES string of the molecule is CSc1ccc(NCC#Cc2cc3c(NC4CCN(C(=O)CO)CC4)cccc3n2CC(F)(F)F)c(O)c1. The number of aliphatic hydroxyl groups excluding tert-OH is 1. The van der Waals surface area contributed by atoms with E-state index in [1.165, 1.54) is 16.3 Å². The van der Waals surface area contributed by atoms with Gasteiger partial charge in [-0.2, -0.15) is 13.2 Å². The van der Waals surface area contributed by atoms with Crippen LogP contribution in [0.15, 0.2) is 47.4 Å². The van der Waals surface area contributed by atoms with E-state index in [1.807, 2.05) is 18.4 Å². The highest BCUT2D eigenvalue weighted by Gasteiger charge is 2.30. The van der Waals surface area contributed by atoms with Gasteiger partial charge < -0.3 is 30.3 Å². The Balaban J connectivity index is 1.55. The molecule has 11 heteroatoms. The number of aromatic nitrogens is 1. The van der Waals surface area contributed by atoms with Crippen LogP contribution in [0.2, 0.25) is 0 Å². The fourth-order valence-corrected chi connectivity index (χ4v) is 4.95. The van der Waals surface area contributed by atoms with Crippen molar-refractivity contribution in [1.29, 1.82) is 0 Å². The van der Waals surface area contributed by atoms with E-state index in [9.17, 15) is 23.1 Å². The van der Waals surface area contributed by atoms with Gasteiger partial charge in [-0.3, -0.25) is 4.79 Å². The third-order valence-corrected chi connectivity index (χ3v) is 7.14. The molecule has 0 bridgehead atoms. The second kappa shape index (κ2) is 11.9. The molecule has 0 saturated carbocycles. The number of anilines is 2. The number of thioether (sulfide) groups is 1. The summed E-state index contributed by atoms with van der Waals surface area (Å²) in [5.74, 6) is 5.50. The van der Waals surface area contributed by atoms with Crippen LogP contribution >= 0.6 is 11.8 Å². The molecule has 1 fully saturated rings. The predicted molar refractivity (Wildman–Crippen MR) is 144 cm³/mol. The number of carbonyl (C=O) groups excluding carboxylic acids is 1. The molecule has 4 N–H and O–H groups in total. The van der Waals surface area contributed by atoms with Crippen molar-refractivity contribution >= 4 is 39.9 Å². The lowest BCUT2D eigenvalue weighted by Crippen LogP contribution is -2.43. The van der Waals surface area contributed by atoms with Gasteiger partial charge in [0, 0.05) is 35.1 Å². The van der Waals surface area contributed by atoms with Crippen molar-refractivity contribution in [2.75, 3.05) is 43.1 Å². The van der Waals surface area contributed by atoms with Crippen LogP contribution in [0.5, 0.6) is 5.75 Å². The molecule has 0 unspecified atom stereocenters. The fraction of sp³-hybridized carbons (Fsp3) is 0.370. The Morgan fingerprint density at radius 2 is 1.92 bits per heavy atom. The summed E-state index contributed by atoms with van der Waals surface area (Å²) in [6, 6.07) is 12.1. The number of nitrogens with zero attached hydrogens (tertiary/aromatic N) is 2. The number of likely N-dealkylation sites (tertiary alicyclic amines) is 1. The van der Waals surface area contributed by atoms with Crippen LogP contribution in [-0.4, -0.2) is 70.3 Å². The molecule has 3 aromatic rings. The lowest BCUT2D eigenvalue weighted by molar-refractivity contribution is -0.140. The molecule has 1 aliphatic heterocycles. The maximum Gasteiger partial charge on any atom is 0.406 e. The Morgan fingerprint density at radius 1 is 1.16 bits per heavy atom. The van der Waals surface area contributed by atoms with E-state index in [0.717, 1.165) is 4.90 Å². The molecule has 2 aromatic carbocycles. The van der Waals surface area contributed by atoms with Gasteiger partial charge in [-0.15, -0.1) is 11.8 Å². The summed E-state index contributed by atoms with van der Waals surface area (Å²) in [5.41, 5.74) is 1.85. The Kier molecular flexibility index (Phi) is 8.64. The number of aliphatic hydroxyl groups is 1. The molecular weight excluding hydrogens is 517 g/mol. The first-order chi connectivity index (χ1) is 18.2. The summed E-state index contributed by atoms with van der Waals surface area (Å²) in [6.45, 7) is -0.552. The highest BCUT2D eigenvalue weighted by Crippen LogP contribution is 2.32. The first-order valence-electron chi connectivity index (χ1n) is 12.1. The van der Waals surface area contributed by atoms with E-state index in [0.29, 0.717) is 48.2 Å². The highest BCUT2D eigenvalue weighted by atomic mass is 32.2. The van der Waals surface area contributed by atoms with Crippen molar-refractivity contribution in [3.8, 4) is 17.6 Å². The van der Waals surface area contributed by atoms with Crippen molar-refractivity contribution in [3.63, 3.8) is 0 Å². The Labute approximate surface area is 223 Å². The van der Waals surface area contributed by atoms with Crippen LogP contribution in [0, 0.1) is 11.8 Å². The average Bonchev–Trinajstić information content (AvgIpc) is 3.24. The van der Waals surface area contributed by atoms with E-state index in [-0.39, 0.29) is 29.9 Å². The minimum absolute atomic E-state index is 0.0400. The van der Waals surface area contributed by atoms with Gasteiger partial charge in [-0.05, 0) is 61.4 Å². The number of benzene rings is 2. The van der Waals surface area contributed by atoms with Crippen molar-refractivity contribution in [2.24, 2.45) is 0 Å². The topological polar surface area (TPSA) is 89.8 Å². The Hall–Kier alpha value is -3.49. The van der Waals surface area contributed by atoms with Crippen LogP contribution in [0.25, 0.3) is 10.9 Å². The number of nitrogens with one attached hydrogen (secondary N) is 2. The van der Waals surface area contributed by atoms with Crippen molar-refractivity contribution in [2.45, 2.75) is 36.5 Å². The molecule has 7 nitrogen and oxygen atoms in total. The molecule has 0 spiro atoms. The van der Waals surface area contributed by atoms with E-state index in [1.54, 1.807) is 35.2 Å². The monoisotopic (exact) mass is 546 g/mol. The molecule has 0 atom stereocenters. The number of hydrogen-bond donors (Lipinski definition) is 4. The van der Waals surface area contributed by atoms with Crippen molar-refractivity contribution in [3.05, 3.63) is 48.2 Å². The molecule has 4 rings (SSSR count). The molecular formula is C27H29F3N4O3S. The number of alkyl halides is 3. The summed E-state index contributed by atoms with van der Waals surface area (Å²) in [5, 5.41) is 26.3. The number of phenolic OH excluding ortho intramolecular Hbond substituents is 1. The standard InChI is InChI=1S/C27H29F3N4O3S/c1-38-20-7-8-23(25(36)15-20)31-11-3-4-19-14-21-22(5-2-6-24(21)34(19)17-27(28,29)30)32-18-9-12-33(13-10-18)26(37)16-35/h2,5-8,14-15,18,31-32,35-36H,9-13,16-17H2,1H3. The lowest BCUT2D eigenvalue weighted by atomic mass is 10.0. The second-order valence-corrected chi connectivity index (χ2v) is 9.84. The average molecular weight is 547 g/mol. The van der Waals surface area contributed by atoms with Gasteiger partial charge in [0.05, 0.1) is 23.4 Å². The molecule has 1 saturated heterocycles. The fourth-order valence-electron chi connectivity index (χ4n) is 4.52. The van der Waals surface area contributed by atoms with Gasteiger partial charge in [0.15, 0.2) is 0 Å². The van der Waals surface area contributed by atoms with Crippen molar-refractivity contribution < 1.29 is 28.2 Å². The van der Waals surface area contributed by atoms with E-state index in [2.05, 4.69) is 22.5 Å². The van der Waals surface area contributed by atoms with Gasteiger partial charge in [0.2, 0.25) is 5.91 Å². The predicted octanol–water partition coefficient (Wildman–Crippen LogP) is 4.49. The first-order valence-corrected chi connectivity index (χ1v) is 13.3. The minimum Gasteiger partial charge on any atom is -0.506 e. The summed E-state index contributed by atoms with van der Waals surface area (Å²) >= 11 is 1.50. The molecule has 1 amide bonds. The molecule has 0 aliphatic carbocycles. The van der Waals surface area contributed by atoms with E-state index >= 15 is 0 Å². The largest absolute Gasteiger partial charge is 0.506 e. The number of carbonyl (C=O) groups is 1. The Morgan fingerprint density at radius 3 is 2.58 bits per heavy atom. The number of amides is 1. The molecule has 1 aromatic heterocycles. The zero-order chi connectivity index (χ0) is 27.3. The summed E-state index contributed by atoms with van der Waals surface area (Å²) in [4.78, 5) is 14.2. The van der Waals surface area contributed by atoms with E-state index < -0.39 is 19.3 Å². The molecule has 1 aliphatic rings. The van der Waals surface area contributed by atoms with Crippen LogP contribution in [0.4, 0.5) is 24.5 Å². The zero-order valence-electron chi connectivity index (χ0n) is 20.8. The second-order valence-electron chi connectivity index (χ2n) is 8.97. The Bertz CT molecular complexity index is 1360. The molecule has 2 heterocycles. The number of hydrogen-bond acceptors (Lipinski definition) is 6. The normalized spacial score (nSPS) is 14.3. The highest BCUT2D eigenvalue weighted by molar-refractivity contribution is 7.98. The van der Waals surface area contributed by atoms with Crippen molar-refractivity contribution in [1.82, 2.24) is 9.47 Å². The van der Waals surface area contributed by atoms with Gasteiger partial charge in [-0.1, -0.05) is 12.0 Å². The quantitative estimate of drug-likeness (QED) is 0.198. The third-order valence-electron chi connectivity index (χ3n) is 6.41. The van der Waals surface area contributed by atoms with Crippen LogP contribution in [0.1, 0.15) is 18.5 Å². The van der Waals surface area contributed by atoms with Gasteiger partial charge in [0.1, 0.15) is 18.9 Å². The number of piperidine rings is 1. The molecule has 202 valence electrons. The molecule has 38 heavy (non-hydrogen) atoms. The molecule has 0 radical (unpaired) electrons. The van der Waals surface area contributed by atoms with Gasteiger partial charge in [0.25, 0.3) is 0 Å². The third kappa shape index (κ3) is 6.68. The van der Waals surface area contributed by atoms with Gasteiger partial charge in [-0.25, -0.2) is 0 Å². The summed E-state index contributed by atoms with van der Waals surface area (Å²) in [7, 11) is 0. The van der Waals surface area contributed by atoms with E-state index in [4.69, 9.17) is 5.11 Å². The number of aromatic hydroxyl groups is 1. The van der Waals surface area contributed by atoms with Crippen LogP contribution in [0.3, 0.4) is 0 Å². The van der Waals surface area contributed by atoms with Crippen LogP contribution < -0.4 is 10.6 Å². The number of phenols is 1. The smallest absolute Gasteiger partial charge is 0.406 e. The van der Waals surface area contributed by atoms with Gasteiger partial charge >= 0.3 is 6.18 Å². The first kappa shape index (κ1) is 27.5. The number of fused-ring (bicyclic) bond motifs is 1. The number of rotatable bonds is 7. The van der Waals surface area contributed by atoms with Crippen LogP contribution in [-0.2, 0) is 11.3 Å². The minimum atomic E-state index is -4.43. The zero-order valence-corrected chi connectivity index (χ0v) is 21.6.